The minimum atomic E-state index is -1.54. The minimum absolute atomic E-state index is 0.385. The van der Waals surface area contributed by atoms with Crippen molar-refractivity contribution in [1.29, 1.82) is 0 Å². The van der Waals surface area contributed by atoms with E-state index in [1.807, 2.05) is 0 Å². The molecule has 0 aromatic heterocycles. The summed E-state index contributed by atoms with van der Waals surface area (Å²) >= 11 is 13.0. The second-order valence-corrected chi connectivity index (χ2v) is 15.1. The number of halogens is 2. The highest BCUT2D eigenvalue weighted by Gasteiger charge is 2.38. The second-order valence-electron chi connectivity index (χ2n) is 9.98. The fraction of sp³-hybridized carbons (Fsp3) is 1.00. The van der Waals surface area contributed by atoms with Crippen LogP contribution < -0.4 is 0 Å². The van der Waals surface area contributed by atoms with Crippen molar-refractivity contribution in [2.75, 3.05) is 0 Å². The minimum Gasteiger partial charge on any atom is -0.150 e. The molecule has 0 aromatic carbocycles. The van der Waals surface area contributed by atoms with Crippen LogP contribution in [0.1, 0.15) is 161 Å². The highest BCUT2D eigenvalue weighted by atomic mass is 35.7. The van der Waals surface area contributed by atoms with E-state index >= 15 is 0 Å². The summed E-state index contributed by atoms with van der Waals surface area (Å²) in [5.74, 6) is 0. The summed E-state index contributed by atoms with van der Waals surface area (Å²) in [6.45, 7) is 2.30. The van der Waals surface area contributed by atoms with Gasteiger partial charge in [-0.2, -0.15) is 0 Å². The third-order valence-electron chi connectivity index (χ3n) is 7.34. The summed E-state index contributed by atoms with van der Waals surface area (Å²) in [5, 5.41) is 0.385. The number of rotatable bonds is 20. The summed E-state index contributed by atoms with van der Waals surface area (Å²) in [6.07, 6.45) is 34.1. The molecule has 0 N–H and O–H groups in total. The molecule has 1 rings (SSSR count). The first-order valence-corrected chi connectivity index (χ1v) is 17.6. The zero-order valence-electron chi connectivity index (χ0n) is 19.8. The lowest BCUT2D eigenvalue weighted by molar-refractivity contribution is 0.344. The van der Waals surface area contributed by atoms with Gasteiger partial charge in [-0.25, -0.2) is 0 Å². The maximum Gasteiger partial charge on any atom is 0.243 e. The lowest BCUT2D eigenvalue weighted by atomic mass is 9.84. The lowest BCUT2D eigenvalue weighted by Gasteiger charge is -2.37. The van der Waals surface area contributed by atoms with Gasteiger partial charge in [0.1, 0.15) is 0 Å². The molecule has 0 radical (unpaired) electrons. The van der Waals surface area contributed by atoms with Gasteiger partial charge < -0.3 is 0 Å². The molecule has 0 bridgehead atoms. The fourth-order valence-electron chi connectivity index (χ4n) is 5.21. The Morgan fingerprint density at radius 2 is 0.862 bits per heavy atom. The molecule has 1 aliphatic carbocycles. The van der Waals surface area contributed by atoms with Crippen LogP contribution in [0.2, 0.25) is 5.04 Å². The number of unbranched alkanes of at least 4 members (excludes halogenated alkanes) is 17. The molecule has 0 atom stereocenters. The van der Waals surface area contributed by atoms with E-state index in [9.17, 15) is 0 Å². The van der Waals surface area contributed by atoms with Crippen molar-refractivity contribution in [3.63, 3.8) is 0 Å². The van der Waals surface area contributed by atoms with Crippen LogP contribution in [0.15, 0.2) is 0 Å². The molecule has 1 fully saturated rings. The highest BCUT2D eigenvalue weighted by Crippen LogP contribution is 2.51. The predicted octanol–water partition coefficient (Wildman–Crippen LogP) is 10.8. The Labute approximate surface area is 195 Å². The molecule has 0 nitrogen and oxygen atoms in total. The first-order chi connectivity index (χ1) is 14.2. The molecular weight excluding hydrogens is 411 g/mol. The molecule has 0 unspecified atom stereocenters. The molecule has 0 spiro atoms. The van der Waals surface area contributed by atoms with Crippen molar-refractivity contribution in [3.05, 3.63) is 0 Å². The molecule has 29 heavy (non-hydrogen) atoms. The van der Waals surface area contributed by atoms with Crippen molar-refractivity contribution in [2.45, 2.75) is 166 Å². The van der Waals surface area contributed by atoms with Gasteiger partial charge in [0, 0.05) is 0 Å². The molecule has 0 aromatic rings. The SMILES string of the molecule is CCCCCCCCCCCCCCCCCCCCC1([SiH](Cl)Cl)CCCCC1. The predicted molar refractivity (Wildman–Crippen MR) is 138 cm³/mol. The maximum atomic E-state index is 6.50. The van der Waals surface area contributed by atoms with Crippen molar-refractivity contribution in [2.24, 2.45) is 0 Å². The molecule has 1 aliphatic rings. The molecule has 0 amide bonds. The Morgan fingerprint density at radius 1 is 0.517 bits per heavy atom. The lowest BCUT2D eigenvalue weighted by Crippen LogP contribution is -2.27. The Bertz CT molecular complexity index is 340. The standard InChI is InChI=1S/C26H52Cl2Si/c1-2-3-4-5-6-7-8-9-10-11-12-13-14-15-16-17-18-20-23-26(29(27)28)24-21-19-22-25-26/h29H,2-25H2,1H3. The summed E-state index contributed by atoms with van der Waals surface area (Å²) in [5.41, 5.74) is 0. The molecule has 1 saturated carbocycles. The zero-order valence-corrected chi connectivity index (χ0v) is 22.5. The van der Waals surface area contributed by atoms with E-state index in [0.29, 0.717) is 5.04 Å². The summed E-state index contributed by atoms with van der Waals surface area (Å²) in [6, 6.07) is 0. The van der Waals surface area contributed by atoms with Crippen LogP contribution in [-0.2, 0) is 0 Å². The van der Waals surface area contributed by atoms with E-state index in [-0.39, 0.29) is 0 Å². The smallest absolute Gasteiger partial charge is 0.150 e. The van der Waals surface area contributed by atoms with E-state index < -0.39 is 7.42 Å². The quantitative estimate of drug-likeness (QED) is 0.0956. The van der Waals surface area contributed by atoms with E-state index in [1.165, 1.54) is 154 Å². The summed E-state index contributed by atoms with van der Waals surface area (Å²) < 4.78 is 0. The topological polar surface area (TPSA) is 0 Å². The van der Waals surface area contributed by atoms with E-state index in [2.05, 4.69) is 6.92 Å². The van der Waals surface area contributed by atoms with Crippen molar-refractivity contribution in [3.8, 4) is 0 Å². The number of hydrogen-bond donors (Lipinski definition) is 0. The Balaban J connectivity index is 1.79. The van der Waals surface area contributed by atoms with Crippen molar-refractivity contribution < 1.29 is 0 Å². The normalized spacial score (nSPS) is 16.6. The second kappa shape index (κ2) is 19.5. The average molecular weight is 464 g/mol. The van der Waals surface area contributed by atoms with Crippen LogP contribution in [0.25, 0.3) is 0 Å². The molecule has 174 valence electrons. The fourth-order valence-corrected chi connectivity index (χ4v) is 8.44. The van der Waals surface area contributed by atoms with E-state index in [0.717, 1.165) is 0 Å². The third kappa shape index (κ3) is 14.5. The summed E-state index contributed by atoms with van der Waals surface area (Å²) in [4.78, 5) is 0. The molecular formula is C26H52Cl2Si. The van der Waals surface area contributed by atoms with Gasteiger partial charge in [-0.15, -0.1) is 22.2 Å². The maximum absolute atomic E-state index is 6.50. The average Bonchev–Trinajstić information content (AvgIpc) is 2.73. The Morgan fingerprint density at radius 3 is 1.21 bits per heavy atom. The van der Waals surface area contributed by atoms with Crippen LogP contribution >= 0.6 is 22.2 Å². The zero-order chi connectivity index (χ0) is 21.0. The Hall–Kier alpha value is 0.797. The molecule has 3 heteroatoms. The van der Waals surface area contributed by atoms with Gasteiger partial charge in [0.05, 0.1) is 0 Å². The van der Waals surface area contributed by atoms with Crippen molar-refractivity contribution in [1.82, 2.24) is 0 Å². The van der Waals surface area contributed by atoms with E-state index in [4.69, 9.17) is 22.2 Å². The van der Waals surface area contributed by atoms with Gasteiger partial charge >= 0.3 is 0 Å². The van der Waals surface area contributed by atoms with Crippen LogP contribution in [0.3, 0.4) is 0 Å². The third-order valence-corrected chi connectivity index (χ3v) is 11.9. The van der Waals surface area contributed by atoms with Crippen LogP contribution in [0.4, 0.5) is 0 Å². The first kappa shape index (κ1) is 27.8. The highest BCUT2D eigenvalue weighted by molar-refractivity contribution is 7.35. The first-order valence-electron chi connectivity index (χ1n) is 13.5. The van der Waals surface area contributed by atoms with Crippen LogP contribution in [-0.4, -0.2) is 7.42 Å². The van der Waals surface area contributed by atoms with Gasteiger partial charge in [-0.05, 0) is 24.3 Å². The molecule has 0 aliphatic heterocycles. The molecule has 0 saturated heterocycles. The Kier molecular flexibility index (Phi) is 18.7. The van der Waals surface area contributed by atoms with Crippen LogP contribution in [0, 0.1) is 0 Å². The van der Waals surface area contributed by atoms with Gasteiger partial charge in [0.15, 0.2) is 0 Å². The number of hydrogen-bond acceptors (Lipinski definition) is 0. The largest absolute Gasteiger partial charge is 0.243 e. The van der Waals surface area contributed by atoms with Gasteiger partial charge in [-0.1, -0.05) is 142 Å². The van der Waals surface area contributed by atoms with Crippen LogP contribution in [0.5, 0.6) is 0 Å². The monoisotopic (exact) mass is 462 g/mol. The van der Waals surface area contributed by atoms with Gasteiger partial charge in [0.25, 0.3) is 0 Å². The molecule has 0 heterocycles. The van der Waals surface area contributed by atoms with Gasteiger partial charge in [-0.3, -0.25) is 0 Å². The van der Waals surface area contributed by atoms with Gasteiger partial charge in [0.2, 0.25) is 7.42 Å². The van der Waals surface area contributed by atoms with Crippen molar-refractivity contribution >= 4 is 29.6 Å². The summed E-state index contributed by atoms with van der Waals surface area (Å²) in [7, 11) is -1.54. The van der Waals surface area contributed by atoms with E-state index in [1.54, 1.807) is 0 Å².